The molecule has 1 aromatic rings. The van der Waals surface area contributed by atoms with Gasteiger partial charge in [-0.05, 0) is 26.0 Å². The van der Waals surface area contributed by atoms with E-state index >= 15 is 0 Å². The maximum atomic E-state index is 12.8. The molecule has 3 heteroatoms. The van der Waals surface area contributed by atoms with Crippen molar-refractivity contribution in [1.82, 2.24) is 0 Å². The molecule has 0 aliphatic heterocycles. The average Bonchev–Trinajstić information content (AvgIpc) is 2.17. The normalized spacial score (nSPS) is 10.7. The second kappa shape index (κ2) is 5.61. The zero-order valence-electron chi connectivity index (χ0n) is 9.00. The number of ether oxygens (including phenoxy) is 1. The minimum absolute atomic E-state index is 0.0878. The van der Waals surface area contributed by atoms with Crippen LogP contribution in [0.3, 0.4) is 0 Å². The van der Waals surface area contributed by atoms with Crippen molar-refractivity contribution in [3.8, 4) is 0 Å². The van der Waals surface area contributed by atoms with Gasteiger partial charge in [0, 0.05) is 12.0 Å². The molecule has 1 aromatic carbocycles. The number of carbonyl (C=O) groups is 1. The molecule has 0 bridgehead atoms. The Morgan fingerprint density at radius 2 is 2.20 bits per heavy atom. The van der Waals surface area contributed by atoms with Crippen LogP contribution in [0.4, 0.5) is 4.39 Å². The number of ketones is 1. The molecule has 0 N–H and O–H groups in total. The second-order valence-corrected chi connectivity index (χ2v) is 3.60. The summed E-state index contributed by atoms with van der Waals surface area (Å²) in [4.78, 5) is 11.5. The van der Waals surface area contributed by atoms with E-state index < -0.39 is 0 Å². The monoisotopic (exact) mass is 210 g/mol. The third kappa shape index (κ3) is 4.21. The number of Topliss-reactive ketones (excluding diaryl/α,β-unsaturated/α-hetero) is 1. The molecule has 0 amide bonds. The van der Waals surface area contributed by atoms with Crippen LogP contribution in [0.2, 0.25) is 0 Å². The first-order valence-corrected chi connectivity index (χ1v) is 5.00. The van der Waals surface area contributed by atoms with E-state index in [0.717, 1.165) is 0 Å². The fraction of sp³-hybridized carbons (Fsp3) is 0.417. The summed E-state index contributed by atoms with van der Waals surface area (Å²) in [5.41, 5.74) is 0.405. The summed E-state index contributed by atoms with van der Waals surface area (Å²) in [6, 6.07) is 5.71. The van der Waals surface area contributed by atoms with Gasteiger partial charge in [0.05, 0.1) is 12.7 Å². The Hall–Kier alpha value is -1.22. The van der Waals surface area contributed by atoms with Gasteiger partial charge in [-0.2, -0.15) is 0 Å². The Morgan fingerprint density at radius 3 is 2.80 bits per heavy atom. The molecule has 0 radical (unpaired) electrons. The molecule has 0 saturated carbocycles. The quantitative estimate of drug-likeness (QED) is 0.698. The van der Waals surface area contributed by atoms with Gasteiger partial charge in [-0.25, -0.2) is 4.39 Å². The van der Waals surface area contributed by atoms with Gasteiger partial charge in [0.15, 0.2) is 5.78 Å². The van der Waals surface area contributed by atoms with Gasteiger partial charge in [0.1, 0.15) is 5.82 Å². The highest BCUT2D eigenvalue weighted by Gasteiger charge is 2.06. The predicted octanol–water partition coefficient (Wildman–Crippen LogP) is 2.82. The van der Waals surface area contributed by atoms with E-state index in [0.29, 0.717) is 18.6 Å². The Balaban J connectivity index is 2.47. The number of hydrogen-bond donors (Lipinski definition) is 0. The third-order valence-corrected chi connectivity index (χ3v) is 1.93. The van der Waals surface area contributed by atoms with Crippen LogP contribution in [0.5, 0.6) is 0 Å². The average molecular weight is 210 g/mol. The molecule has 1 rings (SSSR count). The van der Waals surface area contributed by atoms with Crippen LogP contribution < -0.4 is 0 Å². The van der Waals surface area contributed by atoms with Crippen LogP contribution in [0.25, 0.3) is 0 Å². The van der Waals surface area contributed by atoms with Crippen LogP contribution in [0.1, 0.15) is 30.6 Å². The first kappa shape index (κ1) is 11.9. The van der Waals surface area contributed by atoms with Crippen molar-refractivity contribution in [1.29, 1.82) is 0 Å². The number of rotatable bonds is 5. The molecule has 0 saturated heterocycles. The van der Waals surface area contributed by atoms with Crippen LogP contribution in [-0.2, 0) is 4.74 Å². The van der Waals surface area contributed by atoms with Crippen molar-refractivity contribution in [2.75, 3.05) is 6.61 Å². The lowest BCUT2D eigenvalue weighted by molar-refractivity contribution is 0.0678. The molecule has 15 heavy (non-hydrogen) atoms. The summed E-state index contributed by atoms with van der Waals surface area (Å²) in [6.45, 7) is 4.20. The lowest BCUT2D eigenvalue weighted by Gasteiger charge is -2.06. The van der Waals surface area contributed by atoms with E-state index in [1.807, 2.05) is 13.8 Å². The zero-order valence-corrected chi connectivity index (χ0v) is 9.00. The molecule has 0 unspecified atom stereocenters. The van der Waals surface area contributed by atoms with Crippen molar-refractivity contribution in [3.05, 3.63) is 35.6 Å². The number of hydrogen-bond acceptors (Lipinski definition) is 2. The minimum atomic E-state index is -0.384. The summed E-state index contributed by atoms with van der Waals surface area (Å²) >= 11 is 0. The fourth-order valence-corrected chi connectivity index (χ4v) is 1.19. The summed E-state index contributed by atoms with van der Waals surface area (Å²) in [7, 11) is 0. The van der Waals surface area contributed by atoms with Gasteiger partial charge in [-0.3, -0.25) is 4.79 Å². The standard InChI is InChI=1S/C12H15FO2/c1-9(2)15-7-6-12(14)10-4-3-5-11(13)8-10/h3-5,8-9H,6-7H2,1-2H3. The SMILES string of the molecule is CC(C)OCCC(=O)c1cccc(F)c1. The maximum Gasteiger partial charge on any atom is 0.165 e. The van der Waals surface area contributed by atoms with Crippen LogP contribution >= 0.6 is 0 Å². The van der Waals surface area contributed by atoms with Crippen molar-refractivity contribution < 1.29 is 13.9 Å². The van der Waals surface area contributed by atoms with Gasteiger partial charge in [-0.15, -0.1) is 0 Å². The van der Waals surface area contributed by atoms with Crippen molar-refractivity contribution in [2.24, 2.45) is 0 Å². The molecule has 0 aromatic heterocycles. The van der Waals surface area contributed by atoms with E-state index in [9.17, 15) is 9.18 Å². The van der Waals surface area contributed by atoms with Crippen molar-refractivity contribution >= 4 is 5.78 Å². The summed E-state index contributed by atoms with van der Waals surface area (Å²) in [6.07, 6.45) is 0.409. The molecule has 0 heterocycles. The minimum Gasteiger partial charge on any atom is -0.378 e. The van der Waals surface area contributed by atoms with E-state index in [2.05, 4.69) is 0 Å². The summed E-state index contributed by atoms with van der Waals surface area (Å²) in [5, 5.41) is 0. The maximum absolute atomic E-state index is 12.8. The topological polar surface area (TPSA) is 26.3 Å². The molecule has 0 aliphatic rings. The molecule has 2 nitrogen and oxygen atoms in total. The molecule has 0 fully saturated rings. The lowest BCUT2D eigenvalue weighted by Crippen LogP contribution is -2.09. The Labute approximate surface area is 89.1 Å². The number of carbonyl (C=O) groups excluding carboxylic acids is 1. The van der Waals surface area contributed by atoms with Crippen LogP contribution in [0, 0.1) is 5.82 Å². The van der Waals surface area contributed by atoms with Crippen LogP contribution in [-0.4, -0.2) is 18.5 Å². The van der Waals surface area contributed by atoms with Crippen molar-refractivity contribution in [2.45, 2.75) is 26.4 Å². The highest BCUT2D eigenvalue weighted by Crippen LogP contribution is 2.06. The van der Waals surface area contributed by atoms with Gasteiger partial charge in [-0.1, -0.05) is 12.1 Å². The predicted molar refractivity (Wildman–Crippen MR) is 56.4 cm³/mol. The molecule has 0 atom stereocenters. The molecular formula is C12H15FO2. The Bertz CT molecular complexity index is 334. The van der Waals surface area contributed by atoms with Crippen molar-refractivity contribution in [3.63, 3.8) is 0 Å². The lowest BCUT2D eigenvalue weighted by atomic mass is 10.1. The number of halogens is 1. The van der Waals surface area contributed by atoms with E-state index in [1.165, 1.54) is 18.2 Å². The molecule has 0 spiro atoms. The first-order valence-electron chi connectivity index (χ1n) is 5.00. The van der Waals surface area contributed by atoms with E-state index in [-0.39, 0.29) is 17.7 Å². The molecule has 0 aliphatic carbocycles. The first-order chi connectivity index (χ1) is 7.09. The summed E-state index contributed by atoms with van der Waals surface area (Å²) in [5.74, 6) is -0.472. The van der Waals surface area contributed by atoms with Gasteiger partial charge < -0.3 is 4.74 Å². The zero-order chi connectivity index (χ0) is 11.3. The highest BCUT2D eigenvalue weighted by atomic mass is 19.1. The fourth-order valence-electron chi connectivity index (χ4n) is 1.19. The van der Waals surface area contributed by atoms with Crippen LogP contribution in [0.15, 0.2) is 24.3 Å². The number of benzene rings is 1. The Kier molecular flexibility index (Phi) is 4.43. The van der Waals surface area contributed by atoms with E-state index in [4.69, 9.17) is 4.74 Å². The second-order valence-electron chi connectivity index (χ2n) is 3.60. The molecular weight excluding hydrogens is 195 g/mol. The molecule has 82 valence electrons. The largest absolute Gasteiger partial charge is 0.378 e. The smallest absolute Gasteiger partial charge is 0.165 e. The van der Waals surface area contributed by atoms with E-state index in [1.54, 1.807) is 6.07 Å². The van der Waals surface area contributed by atoms with Gasteiger partial charge in [0.2, 0.25) is 0 Å². The van der Waals surface area contributed by atoms with Gasteiger partial charge in [0.25, 0.3) is 0 Å². The Morgan fingerprint density at radius 1 is 1.47 bits per heavy atom. The summed E-state index contributed by atoms with van der Waals surface area (Å²) < 4.78 is 18.0. The highest BCUT2D eigenvalue weighted by molar-refractivity contribution is 5.96. The third-order valence-electron chi connectivity index (χ3n) is 1.93. The van der Waals surface area contributed by atoms with Gasteiger partial charge >= 0.3 is 0 Å².